The van der Waals surface area contributed by atoms with E-state index < -0.39 is 0 Å². The van der Waals surface area contributed by atoms with E-state index in [2.05, 4.69) is 0 Å². The summed E-state index contributed by atoms with van der Waals surface area (Å²) in [6, 6.07) is 5.77. The number of ketones is 1. The molecule has 0 saturated carbocycles. The molecule has 1 aromatic rings. The molecule has 3 heteroatoms. The van der Waals surface area contributed by atoms with Crippen molar-refractivity contribution in [1.82, 2.24) is 0 Å². The van der Waals surface area contributed by atoms with Crippen LogP contribution in [-0.4, -0.2) is 18.3 Å². The van der Waals surface area contributed by atoms with Crippen LogP contribution in [0.25, 0.3) is 0 Å². The molecule has 0 amide bonds. The van der Waals surface area contributed by atoms with Gasteiger partial charge in [-0.2, -0.15) is 0 Å². The van der Waals surface area contributed by atoms with Crippen molar-refractivity contribution in [1.29, 1.82) is 0 Å². The summed E-state index contributed by atoms with van der Waals surface area (Å²) < 4.78 is 5.48. The molecule has 1 heterocycles. The van der Waals surface area contributed by atoms with Crippen LogP contribution in [0.5, 0.6) is 5.75 Å². The maximum atomic E-state index is 11.8. The Hall–Kier alpha value is -1.02. The van der Waals surface area contributed by atoms with Crippen LogP contribution < -0.4 is 4.74 Å². The third kappa shape index (κ3) is 2.15. The zero-order chi connectivity index (χ0) is 10.7. The Bertz CT molecular complexity index is 374. The van der Waals surface area contributed by atoms with E-state index in [0.29, 0.717) is 18.9 Å². The summed E-state index contributed by atoms with van der Waals surface area (Å²) in [5.74, 6) is 1.45. The van der Waals surface area contributed by atoms with Gasteiger partial charge in [-0.05, 0) is 18.1 Å². The summed E-state index contributed by atoms with van der Waals surface area (Å²) in [4.78, 5) is 11.8. The summed E-state index contributed by atoms with van der Waals surface area (Å²) in [6.07, 6.45) is 2.14. The monoisotopic (exact) mass is 224 g/mol. The SMILES string of the molecule is O=C(CCCCl)c1cccc2c1OCC2. The first-order chi connectivity index (χ1) is 7.33. The fourth-order valence-electron chi connectivity index (χ4n) is 1.80. The number of hydrogen-bond acceptors (Lipinski definition) is 2. The molecular weight excluding hydrogens is 212 g/mol. The van der Waals surface area contributed by atoms with Gasteiger partial charge in [0.2, 0.25) is 0 Å². The van der Waals surface area contributed by atoms with E-state index in [1.165, 1.54) is 0 Å². The van der Waals surface area contributed by atoms with Gasteiger partial charge in [-0.1, -0.05) is 12.1 Å². The van der Waals surface area contributed by atoms with Crippen molar-refractivity contribution < 1.29 is 9.53 Å². The van der Waals surface area contributed by atoms with Crippen LogP contribution in [0.3, 0.4) is 0 Å². The number of alkyl halides is 1. The first-order valence-corrected chi connectivity index (χ1v) is 5.70. The van der Waals surface area contributed by atoms with Gasteiger partial charge in [0.15, 0.2) is 5.78 Å². The van der Waals surface area contributed by atoms with Crippen molar-refractivity contribution in [3.8, 4) is 5.75 Å². The van der Waals surface area contributed by atoms with Gasteiger partial charge in [-0.3, -0.25) is 4.79 Å². The Kier molecular flexibility index (Phi) is 3.27. The predicted molar refractivity (Wildman–Crippen MR) is 59.9 cm³/mol. The maximum absolute atomic E-state index is 11.8. The zero-order valence-corrected chi connectivity index (χ0v) is 9.22. The summed E-state index contributed by atoms with van der Waals surface area (Å²) in [5.41, 5.74) is 1.86. The van der Waals surface area contributed by atoms with Crippen LogP contribution in [0.1, 0.15) is 28.8 Å². The van der Waals surface area contributed by atoms with E-state index in [9.17, 15) is 4.79 Å². The lowest BCUT2D eigenvalue weighted by Gasteiger charge is -2.06. The molecule has 0 saturated heterocycles. The molecule has 0 N–H and O–H groups in total. The minimum absolute atomic E-state index is 0.134. The van der Waals surface area contributed by atoms with Gasteiger partial charge in [0.05, 0.1) is 12.2 Å². The highest BCUT2D eigenvalue weighted by atomic mass is 35.5. The molecule has 0 atom stereocenters. The van der Waals surface area contributed by atoms with Gasteiger partial charge in [-0.15, -0.1) is 11.6 Å². The molecule has 80 valence electrons. The quantitative estimate of drug-likeness (QED) is 0.581. The average molecular weight is 225 g/mol. The van der Waals surface area contributed by atoms with Crippen molar-refractivity contribution in [2.45, 2.75) is 19.3 Å². The molecule has 0 bridgehead atoms. The molecule has 0 unspecified atom stereocenters. The van der Waals surface area contributed by atoms with Crippen LogP contribution >= 0.6 is 11.6 Å². The Morgan fingerprint density at radius 2 is 2.33 bits per heavy atom. The van der Waals surface area contributed by atoms with Crippen LogP contribution in [0.4, 0.5) is 0 Å². The second kappa shape index (κ2) is 4.67. The molecule has 15 heavy (non-hydrogen) atoms. The molecule has 2 nitrogen and oxygen atoms in total. The Morgan fingerprint density at radius 3 is 3.13 bits per heavy atom. The zero-order valence-electron chi connectivity index (χ0n) is 8.46. The van der Waals surface area contributed by atoms with E-state index in [1.807, 2.05) is 18.2 Å². The molecule has 1 aliphatic heterocycles. The molecule has 0 fully saturated rings. The lowest BCUT2D eigenvalue weighted by atomic mass is 10.0. The van der Waals surface area contributed by atoms with E-state index in [0.717, 1.165) is 29.7 Å². The van der Waals surface area contributed by atoms with Crippen molar-refractivity contribution in [3.05, 3.63) is 29.3 Å². The first-order valence-electron chi connectivity index (χ1n) is 5.17. The normalized spacial score (nSPS) is 13.4. The van der Waals surface area contributed by atoms with Crippen LogP contribution in [0.15, 0.2) is 18.2 Å². The smallest absolute Gasteiger partial charge is 0.166 e. The number of hydrogen-bond donors (Lipinski definition) is 0. The van der Waals surface area contributed by atoms with E-state index in [-0.39, 0.29) is 5.78 Å². The van der Waals surface area contributed by atoms with Gasteiger partial charge < -0.3 is 4.74 Å². The fourth-order valence-corrected chi connectivity index (χ4v) is 1.93. The second-order valence-corrected chi connectivity index (χ2v) is 3.99. The third-order valence-corrected chi connectivity index (χ3v) is 2.82. The highest BCUT2D eigenvalue weighted by molar-refractivity contribution is 6.18. The first kappa shape index (κ1) is 10.5. The molecule has 2 rings (SSSR count). The van der Waals surface area contributed by atoms with Crippen molar-refractivity contribution >= 4 is 17.4 Å². The van der Waals surface area contributed by atoms with Crippen molar-refractivity contribution in [3.63, 3.8) is 0 Å². The van der Waals surface area contributed by atoms with Gasteiger partial charge >= 0.3 is 0 Å². The molecule has 0 aromatic heterocycles. The van der Waals surface area contributed by atoms with Crippen molar-refractivity contribution in [2.75, 3.05) is 12.5 Å². The number of benzene rings is 1. The summed E-state index contributed by atoms with van der Waals surface area (Å²) >= 11 is 5.57. The third-order valence-electron chi connectivity index (χ3n) is 2.55. The minimum atomic E-state index is 0.134. The largest absolute Gasteiger partial charge is 0.492 e. The Morgan fingerprint density at radius 1 is 1.47 bits per heavy atom. The molecule has 0 spiro atoms. The summed E-state index contributed by atoms with van der Waals surface area (Å²) in [6.45, 7) is 0.690. The number of carbonyl (C=O) groups is 1. The van der Waals surface area contributed by atoms with Crippen LogP contribution in [-0.2, 0) is 6.42 Å². The van der Waals surface area contributed by atoms with Gasteiger partial charge in [0.25, 0.3) is 0 Å². The second-order valence-electron chi connectivity index (χ2n) is 3.61. The van der Waals surface area contributed by atoms with Gasteiger partial charge in [-0.25, -0.2) is 0 Å². The molecular formula is C12H13ClO2. The van der Waals surface area contributed by atoms with E-state index >= 15 is 0 Å². The highest BCUT2D eigenvalue weighted by Gasteiger charge is 2.19. The Labute approximate surface area is 94.2 Å². The average Bonchev–Trinajstić information content (AvgIpc) is 2.73. The lowest BCUT2D eigenvalue weighted by Crippen LogP contribution is -2.02. The van der Waals surface area contributed by atoms with E-state index in [1.54, 1.807) is 0 Å². The van der Waals surface area contributed by atoms with E-state index in [4.69, 9.17) is 16.3 Å². The maximum Gasteiger partial charge on any atom is 0.166 e. The van der Waals surface area contributed by atoms with Crippen LogP contribution in [0, 0.1) is 0 Å². The van der Waals surface area contributed by atoms with Crippen molar-refractivity contribution in [2.24, 2.45) is 0 Å². The number of ether oxygens (including phenoxy) is 1. The molecule has 0 radical (unpaired) electrons. The number of halogens is 1. The van der Waals surface area contributed by atoms with Crippen LogP contribution in [0.2, 0.25) is 0 Å². The molecule has 0 aliphatic carbocycles. The topological polar surface area (TPSA) is 26.3 Å². The molecule has 1 aliphatic rings. The number of fused-ring (bicyclic) bond motifs is 1. The lowest BCUT2D eigenvalue weighted by molar-refractivity contribution is 0.0979. The standard InChI is InChI=1S/C12H13ClO2/c13-7-2-5-11(14)10-4-1-3-9-6-8-15-12(9)10/h1,3-4H,2,5-8H2. The summed E-state index contributed by atoms with van der Waals surface area (Å²) in [5, 5.41) is 0. The predicted octanol–water partition coefficient (Wildman–Crippen LogP) is 2.82. The number of carbonyl (C=O) groups excluding carboxylic acids is 1. The Balaban J connectivity index is 2.21. The number of rotatable bonds is 4. The number of Topliss-reactive ketones (excluding diaryl/α,β-unsaturated/α-hetero) is 1. The summed E-state index contributed by atoms with van der Waals surface area (Å²) in [7, 11) is 0. The molecule has 1 aromatic carbocycles. The van der Waals surface area contributed by atoms with Gasteiger partial charge in [0.1, 0.15) is 5.75 Å². The number of para-hydroxylation sites is 1. The minimum Gasteiger partial charge on any atom is -0.492 e. The fraction of sp³-hybridized carbons (Fsp3) is 0.417. The van der Waals surface area contributed by atoms with Gasteiger partial charge in [0, 0.05) is 18.7 Å². The highest BCUT2D eigenvalue weighted by Crippen LogP contribution is 2.30.